The predicted molar refractivity (Wildman–Crippen MR) is 102 cm³/mol. The van der Waals surface area contributed by atoms with Gasteiger partial charge in [0, 0.05) is 51.2 Å². The quantitative estimate of drug-likeness (QED) is 0.751. The van der Waals surface area contributed by atoms with Gasteiger partial charge >= 0.3 is 0 Å². The zero-order valence-corrected chi connectivity index (χ0v) is 16.9. The zero-order chi connectivity index (χ0) is 19.6. The predicted octanol–water partition coefficient (Wildman–Crippen LogP) is 1.43. The molecule has 0 aromatic heterocycles. The third-order valence-corrected chi connectivity index (χ3v) is 7.33. The second-order valence-corrected chi connectivity index (χ2v) is 9.37. The van der Waals surface area contributed by atoms with E-state index in [2.05, 4.69) is 0 Å². The Balaban J connectivity index is 1.61. The van der Waals surface area contributed by atoms with Gasteiger partial charge < -0.3 is 9.80 Å². The van der Waals surface area contributed by atoms with Crippen LogP contribution in [0.3, 0.4) is 0 Å². The number of nitrogens with zero attached hydrogens (tertiary/aromatic N) is 3. The van der Waals surface area contributed by atoms with E-state index in [0.717, 1.165) is 12.8 Å². The molecule has 0 bridgehead atoms. The van der Waals surface area contributed by atoms with Crippen molar-refractivity contribution in [3.05, 3.63) is 29.3 Å². The summed E-state index contributed by atoms with van der Waals surface area (Å²) in [7, 11) is -3.62. The average Bonchev–Trinajstić information content (AvgIpc) is 2.67. The van der Waals surface area contributed by atoms with Crippen LogP contribution in [0, 0.1) is 5.92 Å². The Bertz CT molecular complexity index is 822. The van der Waals surface area contributed by atoms with Crippen molar-refractivity contribution in [3.8, 4) is 0 Å². The molecule has 1 aromatic carbocycles. The fraction of sp³-hybridized carbons (Fsp3) is 0.556. The standard InChI is InChI=1S/C18H24ClN3O4S/c1-14(23)21-7-3-4-15(13-21)18(24)20-8-10-22(11-9-20)27(25,26)17-6-2-5-16(19)12-17/h2,5-6,12,15H,3-4,7-11,13H2,1H3/t15-/m0/s1. The van der Waals surface area contributed by atoms with Crippen LogP contribution in [0.2, 0.25) is 5.02 Å². The van der Waals surface area contributed by atoms with Crippen LogP contribution in [0.25, 0.3) is 0 Å². The fourth-order valence-corrected chi connectivity index (χ4v) is 5.37. The molecule has 2 heterocycles. The molecule has 0 unspecified atom stereocenters. The van der Waals surface area contributed by atoms with E-state index in [1.54, 1.807) is 21.9 Å². The van der Waals surface area contributed by atoms with Crippen LogP contribution in [-0.2, 0) is 19.6 Å². The number of likely N-dealkylation sites (tertiary alicyclic amines) is 1. The first-order valence-corrected chi connectivity index (χ1v) is 10.9. The first kappa shape index (κ1) is 20.1. The van der Waals surface area contributed by atoms with Crippen molar-refractivity contribution in [3.63, 3.8) is 0 Å². The Morgan fingerprint density at radius 2 is 1.78 bits per heavy atom. The first-order chi connectivity index (χ1) is 12.8. The summed E-state index contributed by atoms with van der Waals surface area (Å²) in [4.78, 5) is 28.0. The lowest BCUT2D eigenvalue weighted by molar-refractivity contribution is -0.141. The maximum absolute atomic E-state index is 12.8. The van der Waals surface area contributed by atoms with Crippen molar-refractivity contribution >= 4 is 33.4 Å². The second kappa shape index (κ2) is 8.16. The molecule has 2 saturated heterocycles. The molecule has 9 heteroatoms. The minimum Gasteiger partial charge on any atom is -0.342 e. The van der Waals surface area contributed by atoms with Crippen molar-refractivity contribution in [2.45, 2.75) is 24.7 Å². The number of carbonyl (C=O) groups is 2. The summed E-state index contributed by atoms with van der Waals surface area (Å²) < 4.78 is 26.9. The summed E-state index contributed by atoms with van der Waals surface area (Å²) >= 11 is 5.91. The Hall–Kier alpha value is -1.64. The zero-order valence-electron chi connectivity index (χ0n) is 15.3. The number of piperidine rings is 1. The summed E-state index contributed by atoms with van der Waals surface area (Å²) in [5.41, 5.74) is 0. The molecule has 0 N–H and O–H groups in total. The minimum absolute atomic E-state index is 0.00932. The molecule has 0 spiro atoms. The van der Waals surface area contributed by atoms with Gasteiger partial charge in [0.05, 0.1) is 10.8 Å². The lowest BCUT2D eigenvalue weighted by Gasteiger charge is -2.38. The molecule has 7 nitrogen and oxygen atoms in total. The highest BCUT2D eigenvalue weighted by Crippen LogP contribution is 2.23. The molecule has 148 valence electrons. The number of rotatable bonds is 3. The molecule has 2 aliphatic rings. The van der Waals surface area contributed by atoms with Gasteiger partial charge in [-0.15, -0.1) is 0 Å². The molecule has 0 saturated carbocycles. The lowest BCUT2D eigenvalue weighted by Crippen LogP contribution is -2.53. The molecule has 2 aliphatic heterocycles. The highest BCUT2D eigenvalue weighted by atomic mass is 35.5. The highest BCUT2D eigenvalue weighted by Gasteiger charge is 2.34. The number of halogens is 1. The third kappa shape index (κ3) is 4.44. The van der Waals surface area contributed by atoms with Crippen LogP contribution >= 0.6 is 11.6 Å². The van der Waals surface area contributed by atoms with Crippen LogP contribution in [-0.4, -0.2) is 73.6 Å². The maximum Gasteiger partial charge on any atom is 0.243 e. The number of benzene rings is 1. The van der Waals surface area contributed by atoms with Crippen LogP contribution in [0.15, 0.2) is 29.2 Å². The molecule has 0 radical (unpaired) electrons. The second-order valence-electron chi connectivity index (χ2n) is 6.99. The molecule has 27 heavy (non-hydrogen) atoms. The van der Waals surface area contributed by atoms with Crippen molar-refractivity contribution in [1.82, 2.24) is 14.1 Å². The summed E-state index contributed by atoms with van der Waals surface area (Å²) in [6.07, 6.45) is 1.59. The van der Waals surface area contributed by atoms with Crippen molar-refractivity contribution in [1.29, 1.82) is 0 Å². The number of carbonyl (C=O) groups excluding carboxylic acids is 2. The van der Waals surface area contributed by atoms with E-state index in [1.807, 2.05) is 0 Å². The molecular weight excluding hydrogens is 390 g/mol. The molecule has 0 aliphatic carbocycles. The summed E-state index contributed by atoms with van der Waals surface area (Å²) in [5.74, 6) is -0.190. The Morgan fingerprint density at radius 1 is 1.07 bits per heavy atom. The number of sulfonamides is 1. The Labute approximate surface area is 164 Å². The van der Waals surface area contributed by atoms with E-state index in [4.69, 9.17) is 11.6 Å². The topological polar surface area (TPSA) is 78.0 Å². The van der Waals surface area contributed by atoms with Gasteiger partial charge in [0.2, 0.25) is 21.8 Å². The summed E-state index contributed by atoms with van der Waals surface area (Å²) in [5, 5.41) is 0.372. The van der Waals surface area contributed by atoms with Gasteiger partial charge in [-0.05, 0) is 31.0 Å². The fourth-order valence-electron chi connectivity index (χ4n) is 3.65. The van der Waals surface area contributed by atoms with E-state index >= 15 is 0 Å². The molecule has 1 aromatic rings. The third-order valence-electron chi connectivity index (χ3n) is 5.20. The van der Waals surface area contributed by atoms with Gasteiger partial charge in [0.1, 0.15) is 0 Å². The van der Waals surface area contributed by atoms with Crippen molar-refractivity contribution in [2.24, 2.45) is 5.92 Å². The SMILES string of the molecule is CC(=O)N1CCC[C@H](C(=O)N2CCN(S(=O)(=O)c3cccc(Cl)c3)CC2)C1. The van der Waals surface area contributed by atoms with Crippen LogP contribution in [0.5, 0.6) is 0 Å². The molecule has 2 amide bonds. The number of amides is 2. The van der Waals surface area contributed by atoms with E-state index in [0.29, 0.717) is 31.2 Å². The van der Waals surface area contributed by atoms with Gasteiger partial charge in [-0.2, -0.15) is 4.31 Å². The van der Waals surface area contributed by atoms with Gasteiger partial charge in [0.25, 0.3) is 0 Å². The summed E-state index contributed by atoms with van der Waals surface area (Å²) in [6, 6.07) is 6.20. The monoisotopic (exact) mass is 413 g/mol. The lowest BCUT2D eigenvalue weighted by atomic mass is 9.96. The van der Waals surface area contributed by atoms with E-state index in [9.17, 15) is 18.0 Å². The molecule has 1 atom stereocenters. The molecular formula is C18H24ClN3O4S. The normalized spacial score (nSPS) is 21.9. The first-order valence-electron chi connectivity index (χ1n) is 9.09. The van der Waals surface area contributed by atoms with Gasteiger partial charge in [-0.3, -0.25) is 9.59 Å². The summed E-state index contributed by atoms with van der Waals surface area (Å²) in [6.45, 7) is 3.89. The van der Waals surface area contributed by atoms with E-state index in [1.165, 1.54) is 23.4 Å². The molecule has 2 fully saturated rings. The number of piperazine rings is 1. The van der Waals surface area contributed by atoms with Gasteiger partial charge in [-0.1, -0.05) is 17.7 Å². The van der Waals surface area contributed by atoms with Crippen LogP contribution in [0.4, 0.5) is 0 Å². The minimum atomic E-state index is -3.62. The van der Waals surface area contributed by atoms with Crippen LogP contribution < -0.4 is 0 Å². The Morgan fingerprint density at radius 3 is 2.41 bits per heavy atom. The average molecular weight is 414 g/mol. The van der Waals surface area contributed by atoms with Gasteiger partial charge in [0.15, 0.2) is 0 Å². The van der Waals surface area contributed by atoms with Crippen molar-refractivity contribution in [2.75, 3.05) is 39.3 Å². The Kier molecular flexibility index (Phi) is 6.08. The maximum atomic E-state index is 12.8. The van der Waals surface area contributed by atoms with E-state index in [-0.39, 0.29) is 35.7 Å². The van der Waals surface area contributed by atoms with E-state index < -0.39 is 10.0 Å². The smallest absolute Gasteiger partial charge is 0.243 e. The van der Waals surface area contributed by atoms with Gasteiger partial charge in [-0.25, -0.2) is 8.42 Å². The van der Waals surface area contributed by atoms with Crippen molar-refractivity contribution < 1.29 is 18.0 Å². The molecule has 3 rings (SSSR count). The number of hydrogen-bond acceptors (Lipinski definition) is 4. The number of hydrogen-bond donors (Lipinski definition) is 0. The van der Waals surface area contributed by atoms with Crippen LogP contribution in [0.1, 0.15) is 19.8 Å². The highest BCUT2D eigenvalue weighted by molar-refractivity contribution is 7.89. The largest absolute Gasteiger partial charge is 0.342 e.